The molecule has 0 aliphatic rings. The van der Waals surface area contributed by atoms with Crippen LogP contribution in [-0.2, 0) is 4.74 Å². The number of hydrogen-bond donors (Lipinski definition) is 1. The quantitative estimate of drug-likeness (QED) is 0.546. The van der Waals surface area contributed by atoms with Crippen LogP contribution in [0.2, 0.25) is 0 Å². The number of ether oxygens (including phenoxy) is 1. The van der Waals surface area contributed by atoms with Crippen molar-refractivity contribution in [3.8, 4) is 0 Å². The van der Waals surface area contributed by atoms with E-state index >= 15 is 0 Å². The van der Waals surface area contributed by atoms with E-state index in [1.165, 1.54) is 25.9 Å². The minimum Gasteiger partial charge on any atom is -0.394 e. The zero-order valence-corrected chi connectivity index (χ0v) is 9.67. The summed E-state index contributed by atoms with van der Waals surface area (Å²) in [6.45, 7) is 9.30. The van der Waals surface area contributed by atoms with Gasteiger partial charge in [-0.3, -0.25) is 0 Å². The molecule has 0 aliphatic heterocycles. The number of aliphatic hydroxyl groups is 1. The van der Waals surface area contributed by atoms with Crippen molar-refractivity contribution < 1.29 is 9.84 Å². The lowest BCUT2D eigenvalue weighted by atomic mass is 10.3. The largest absolute Gasteiger partial charge is 0.394 e. The van der Waals surface area contributed by atoms with Crippen LogP contribution in [-0.4, -0.2) is 49.5 Å². The Morgan fingerprint density at radius 1 is 1.00 bits per heavy atom. The van der Waals surface area contributed by atoms with Gasteiger partial charge in [0.1, 0.15) is 0 Å². The van der Waals surface area contributed by atoms with Crippen LogP contribution >= 0.6 is 0 Å². The zero-order valence-electron chi connectivity index (χ0n) is 9.67. The highest BCUT2D eigenvalue weighted by molar-refractivity contribution is 4.55. The van der Waals surface area contributed by atoms with Gasteiger partial charge in [0.05, 0.1) is 13.2 Å². The van der Waals surface area contributed by atoms with Gasteiger partial charge in [0, 0.05) is 13.2 Å². The second-order valence-corrected chi connectivity index (χ2v) is 3.53. The maximum Gasteiger partial charge on any atom is 0.0697 e. The molecule has 0 bridgehead atoms. The van der Waals surface area contributed by atoms with E-state index in [1.807, 2.05) is 0 Å². The van der Waals surface area contributed by atoms with E-state index in [4.69, 9.17) is 9.84 Å². The topological polar surface area (TPSA) is 32.7 Å². The van der Waals surface area contributed by atoms with E-state index < -0.39 is 0 Å². The van der Waals surface area contributed by atoms with Gasteiger partial charge in [-0.2, -0.15) is 0 Å². The Kier molecular flexibility index (Phi) is 10.9. The summed E-state index contributed by atoms with van der Waals surface area (Å²) < 4.78 is 5.21. The van der Waals surface area contributed by atoms with Crippen molar-refractivity contribution >= 4 is 0 Å². The first-order valence-corrected chi connectivity index (χ1v) is 5.76. The van der Waals surface area contributed by atoms with E-state index in [2.05, 4.69) is 18.7 Å². The number of rotatable bonds is 10. The van der Waals surface area contributed by atoms with Gasteiger partial charge in [0.25, 0.3) is 0 Å². The highest BCUT2D eigenvalue weighted by Crippen LogP contribution is 1.96. The SMILES string of the molecule is CCCN(CCC)CCCOCCO. The summed E-state index contributed by atoms with van der Waals surface area (Å²) in [7, 11) is 0. The second kappa shape index (κ2) is 11.0. The summed E-state index contributed by atoms with van der Waals surface area (Å²) in [6.07, 6.45) is 3.51. The van der Waals surface area contributed by atoms with Gasteiger partial charge in [-0.1, -0.05) is 13.8 Å². The Bertz CT molecular complexity index is 103. The van der Waals surface area contributed by atoms with Crippen molar-refractivity contribution in [3.05, 3.63) is 0 Å². The highest BCUT2D eigenvalue weighted by Gasteiger charge is 2.01. The molecule has 86 valence electrons. The zero-order chi connectivity index (χ0) is 10.6. The van der Waals surface area contributed by atoms with E-state index in [1.54, 1.807) is 0 Å². The average molecular weight is 203 g/mol. The van der Waals surface area contributed by atoms with Crippen molar-refractivity contribution in [1.29, 1.82) is 0 Å². The van der Waals surface area contributed by atoms with E-state index in [0.717, 1.165) is 19.6 Å². The molecule has 0 saturated heterocycles. The molecule has 14 heavy (non-hydrogen) atoms. The third-order valence-corrected chi connectivity index (χ3v) is 2.08. The van der Waals surface area contributed by atoms with Gasteiger partial charge < -0.3 is 14.7 Å². The minimum atomic E-state index is 0.133. The van der Waals surface area contributed by atoms with Gasteiger partial charge in [0.15, 0.2) is 0 Å². The summed E-state index contributed by atoms with van der Waals surface area (Å²) >= 11 is 0. The van der Waals surface area contributed by atoms with Crippen LogP contribution in [0.15, 0.2) is 0 Å². The first kappa shape index (κ1) is 13.9. The maximum atomic E-state index is 8.51. The van der Waals surface area contributed by atoms with Crippen molar-refractivity contribution in [2.45, 2.75) is 33.1 Å². The van der Waals surface area contributed by atoms with Gasteiger partial charge in [0.2, 0.25) is 0 Å². The van der Waals surface area contributed by atoms with Crippen molar-refractivity contribution in [3.63, 3.8) is 0 Å². The Balaban J connectivity index is 3.30. The Morgan fingerprint density at radius 2 is 1.64 bits per heavy atom. The molecule has 0 aromatic heterocycles. The minimum absolute atomic E-state index is 0.133. The molecule has 1 N–H and O–H groups in total. The van der Waals surface area contributed by atoms with E-state index in [9.17, 15) is 0 Å². The second-order valence-electron chi connectivity index (χ2n) is 3.53. The molecule has 0 aliphatic carbocycles. The first-order valence-electron chi connectivity index (χ1n) is 5.76. The standard InChI is InChI=1S/C11H25NO2/c1-3-6-12(7-4-2)8-5-10-14-11-9-13/h13H,3-11H2,1-2H3. The summed E-state index contributed by atoms with van der Waals surface area (Å²) in [5.41, 5.74) is 0. The molecule has 0 aromatic carbocycles. The number of nitrogens with zero attached hydrogens (tertiary/aromatic N) is 1. The molecule has 0 spiro atoms. The molecule has 0 atom stereocenters. The van der Waals surface area contributed by atoms with Crippen LogP contribution in [0, 0.1) is 0 Å². The van der Waals surface area contributed by atoms with Crippen molar-refractivity contribution in [2.24, 2.45) is 0 Å². The van der Waals surface area contributed by atoms with Gasteiger partial charge in [-0.25, -0.2) is 0 Å². The first-order chi connectivity index (χ1) is 6.85. The summed E-state index contributed by atoms with van der Waals surface area (Å²) in [4.78, 5) is 2.47. The molecule has 0 aromatic rings. The molecular formula is C11H25NO2. The predicted octanol–water partition coefficient (Wildman–Crippen LogP) is 1.51. The molecule has 3 nitrogen and oxygen atoms in total. The normalized spacial score (nSPS) is 11.1. The molecule has 3 heteroatoms. The van der Waals surface area contributed by atoms with Crippen molar-refractivity contribution in [1.82, 2.24) is 4.90 Å². The average Bonchev–Trinajstić information content (AvgIpc) is 2.18. The molecule has 0 unspecified atom stereocenters. The van der Waals surface area contributed by atoms with Crippen LogP contribution in [0.3, 0.4) is 0 Å². The monoisotopic (exact) mass is 203 g/mol. The molecule has 0 saturated carbocycles. The molecule has 0 rings (SSSR count). The molecular weight excluding hydrogens is 178 g/mol. The molecule has 0 amide bonds. The third-order valence-electron chi connectivity index (χ3n) is 2.08. The lowest BCUT2D eigenvalue weighted by molar-refractivity contribution is 0.0845. The van der Waals surface area contributed by atoms with Crippen molar-refractivity contribution in [2.75, 3.05) is 39.5 Å². The van der Waals surface area contributed by atoms with Gasteiger partial charge in [-0.05, 0) is 32.4 Å². The lowest BCUT2D eigenvalue weighted by Gasteiger charge is -2.20. The predicted molar refractivity (Wildman–Crippen MR) is 59.5 cm³/mol. The van der Waals surface area contributed by atoms with Crippen LogP contribution < -0.4 is 0 Å². The van der Waals surface area contributed by atoms with Gasteiger partial charge >= 0.3 is 0 Å². The summed E-state index contributed by atoms with van der Waals surface area (Å²) in [6, 6.07) is 0. The van der Waals surface area contributed by atoms with Crippen LogP contribution in [0.1, 0.15) is 33.1 Å². The van der Waals surface area contributed by atoms with E-state index in [0.29, 0.717) is 6.61 Å². The maximum absolute atomic E-state index is 8.51. The highest BCUT2D eigenvalue weighted by atomic mass is 16.5. The van der Waals surface area contributed by atoms with E-state index in [-0.39, 0.29) is 6.61 Å². The summed E-state index contributed by atoms with van der Waals surface area (Å²) in [5.74, 6) is 0. The fourth-order valence-corrected chi connectivity index (χ4v) is 1.52. The fourth-order valence-electron chi connectivity index (χ4n) is 1.52. The van der Waals surface area contributed by atoms with Gasteiger partial charge in [-0.15, -0.1) is 0 Å². The molecule has 0 heterocycles. The Labute approximate surface area is 88.1 Å². The molecule has 0 radical (unpaired) electrons. The number of aliphatic hydroxyl groups excluding tert-OH is 1. The molecule has 0 fully saturated rings. The Morgan fingerprint density at radius 3 is 2.14 bits per heavy atom. The Hall–Kier alpha value is -0.120. The van der Waals surface area contributed by atoms with Crippen LogP contribution in [0.4, 0.5) is 0 Å². The summed E-state index contributed by atoms with van der Waals surface area (Å²) in [5, 5.41) is 8.51. The third kappa shape index (κ3) is 8.48. The van der Waals surface area contributed by atoms with Crippen LogP contribution in [0.25, 0.3) is 0 Å². The van der Waals surface area contributed by atoms with Crippen LogP contribution in [0.5, 0.6) is 0 Å². The number of hydrogen-bond acceptors (Lipinski definition) is 3. The fraction of sp³-hybridized carbons (Fsp3) is 1.00. The lowest BCUT2D eigenvalue weighted by Crippen LogP contribution is -2.27. The smallest absolute Gasteiger partial charge is 0.0697 e.